The van der Waals surface area contributed by atoms with E-state index >= 15 is 0 Å². The Morgan fingerprint density at radius 3 is 2.75 bits per heavy atom. The van der Waals surface area contributed by atoms with Gasteiger partial charge in [-0.1, -0.05) is 13.8 Å². The monoisotopic (exact) mass is 187 g/mol. The van der Waals surface area contributed by atoms with E-state index < -0.39 is 0 Å². The van der Waals surface area contributed by atoms with Gasteiger partial charge in [0, 0.05) is 17.7 Å². The fraction of sp³-hybridized carbons (Fsp3) is 1.00. The zero-order chi connectivity index (χ0) is 8.66. The van der Waals surface area contributed by atoms with Crippen molar-refractivity contribution >= 4 is 11.8 Å². The lowest BCUT2D eigenvalue weighted by Gasteiger charge is -2.42. The normalized spacial score (nSPS) is 40.5. The molecule has 0 saturated carbocycles. The van der Waals surface area contributed by atoms with Crippen molar-refractivity contribution in [1.29, 1.82) is 0 Å². The molecule has 70 valence electrons. The summed E-state index contributed by atoms with van der Waals surface area (Å²) in [5.41, 5.74) is 0.360. The third kappa shape index (κ3) is 1.63. The second-order valence-corrected chi connectivity index (χ2v) is 5.71. The van der Waals surface area contributed by atoms with E-state index in [0.29, 0.717) is 5.41 Å². The first-order valence-electron chi connectivity index (χ1n) is 4.59. The van der Waals surface area contributed by atoms with E-state index in [1.54, 1.807) is 0 Å². The van der Waals surface area contributed by atoms with Crippen LogP contribution in [0.5, 0.6) is 0 Å². The Morgan fingerprint density at radius 1 is 1.42 bits per heavy atom. The molecule has 2 nitrogen and oxygen atoms in total. The molecule has 2 aliphatic heterocycles. The van der Waals surface area contributed by atoms with E-state index in [9.17, 15) is 0 Å². The summed E-state index contributed by atoms with van der Waals surface area (Å²) in [7, 11) is 0. The topological polar surface area (TPSA) is 21.3 Å². The molecule has 2 heterocycles. The summed E-state index contributed by atoms with van der Waals surface area (Å²) in [5, 5.41) is 3.54. The van der Waals surface area contributed by atoms with E-state index in [1.165, 1.54) is 12.2 Å². The molecular formula is C9H17NOS. The van der Waals surface area contributed by atoms with Gasteiger partial charge >= 0.3 is 0 Å². The van der Waals surface area contributed by atoms with Crippen molar-refractivity contribution in [2.24, 2.45) is 5.41 Å². The van der Waals surface area contributed by atoms with Gasteiger partial charge in [-0.2, -0.15) is 11.8 Å². The Labute approximate surface area is 78.4 Å². The van der Waals surface area contributed by atoms with Crippen LogP contribution in [0, 0.1) is 5.41 Å². The van der Waals surface area contributed by atoms with Crippen LogP contribution in [0.1, 0.15) is 20.3 Å². The van der Waals surface area contributed by atoms with Crippen molar-refractivity contribution in [2.45, 2.75) is 26.0 Å². The van der Waals surface area contributed by atoms with Crippen LogP contribution in [0.25, 0.3) is 0 Å². The first-order chi connectivity index (χ1) is 5.62. The quantitative estimate of drug-likeness (QED) is 0.620. The van der Waals surface area contributed by atoms with Gasteiger partial charge < -0.3 is 4.74 Å². The average molecular weight is 187 g/mol. The molecule has 3 heteroatoms. The van der Waals surface area contributed by atoms with Gasteiger partial charge in [0.05, 0.1) is 6.61 Å². The standard InChI is InChI=1S/C9H17NOS/c1-8(2)5-10-9(11-6-8)3-4-12-7-9/h10H,3-7H2,1-2H3. The van der Waals surface area contributed by atoms with Crippen molar-refractivity contribution in [3.8, 4) is 0 Å². The summed E-state index contributed by atoms with van der Waals surface area (Å²) >= 11 is 1.99. The molecule has 2 saturated heterocycles. The molecule has 0 aromatic heterocycles. The van der Waals surface area contributed by atoms with Crippen LogP contribution in [0.3, 0.4) is 0 Å². The Balaban J connectivity index is 1.97. The van der Waals surface area contributed by atoms with Gasteiger partial charge in [0.1, 0.15) is 5.72 Å². The predicted octanol–water partition coefficient (Wildman–Crippen LogP) is 1.47. The highest BCUT2D eigenvalue weighted by atomic mass is 32.2. The first-order valence-corrected chi connectivity index (χ1v) is 5.74. The molecule has 0 aliphatic carbocycles. The van der Waals surface area contributed by atoms with Gasteiger partial charge in [0.25, 0.3) is 0 Å². The fourth-order valence-corrected chi connectivity index (χ4v) is 2.91. The molecule has 2 rings (SSSR count). The summed E-state index contributed by atoms with van der Waals surface area (Å²) < 4.78 is 5.91. The van der Waals surface area contributed by atoms with Crippen molar-refractivity contribution < 1.29 is 4.74 Å². The van der Waals surface area contributed by atoms with Crippen LogP contribution in [0.2, 0.25) is 0 Å². The van der Waals surface area contributed by atoms with Crippen molar-refractivity contribution in [1.82, 2.24) is 5.32 Å². The predicted molar refractivity (Wildman–Crippen MR) is 52.4 cm³/mol. The lowest BCUT2D eigenvalue weighted by Crippen LogP contribution is -2.57. The molecule has 2 fully saturated rings. The van der Waals surface area contributed by atoms with E-state index in [-0.39, 0.29) is 5.72 Å². The second kappa shape index (κ2) is 2.89. The molecule has 12 heavy (non-hydrogen) atoms. The maximum Gasteiger partial charge on any atom is 0.129 e. The van der Waals surface area contributed by atoms with E-state index in [0.717, 1.165) is 18.9 Å². The summed E-state index contributed by atoms with van der Waals surface area (Å²) in [6.07, 6.45) is 1.17. The van der Waals surface area contributed by atoms with Crippen LogP contribution >= 0.6 is 11.8 Å². The molecule has 0 aromatic carbocycles. The minimum atomic E-state index is 0.0419. The van der Waals surface area contributed by atoms with Gasteiger partial charge in [-0.15, -0.1) is 0 Å². The summed E-state index contributed by atoms with van der Waals surface area (Å²) in [6, 6.07) is 0. The van der Waals surface area contributed by atoms with E-state index in [1.807, 2.05) is 11.8 Å². The highest BCUT2D eigenvalue weighted by Gasteiger charge is 2.41. The van der Waals surface area contributed by atoms with Crippen molar-refractivity contribution in [3.63, 3.8) is 0 Å². The van der Waals surface area contributed by atoms with Gasteiger partial charge in [-0.3, -0.25) is 5.32 Å². The number of thioether (sulfide) groups is 1. The van der Waals surface area contributed by atoms with Crippen molar-refractivity contribution in [2.75, 3.05) is 24.7 Å². The van der Waals surface area contributed by atoms with Crippen LogP contribution in [0.15, 0.2) is 0 Å². The second-order valence-electron chi connectivity index (χ2n) is 4.60. The Morgan fingerprint density at radius 2 is 2.25 bits per heavy atom. The smallest absolute Gasteiger partial charge is 0.129 e. The minimum Gasteiger partial charge on any atom is -0.359 e. The van der Waals surface area contributed by atoms with Crippen LogP contribution < -0.4 is 5.32 Å². The highest BCUT2D eigenvalue weighted by Crippen LogP contribution is 2.34. The molecule has 1 spiro atoms. The van der Waals surface area contributed by atoms with Crippen LogP contribution in [-0.2, 0) is 4.74 Å². The number of nitrogens with one attached hydrogen (secondary N) is 1. The number of ether oxygens (including phenoxy) is 1. The van der Waals surface area contributed by atoms with Crippen molar-refractivity contribution in [3.05, 3.63) is 0 Å². The molecule has 0 bridgehead atoms. The zero-order valence-corrected chi connectivity index (χ0v) is 8.67. The number of rotatable bonds is 0. The van der Waals surface area contributed by atoms with Gasteiger partial charge in [0.15, 0.2) is 0 Å². The lowest BCUT2D eigenvalue weighted by atomic mass is 9.92. The minimum absolute atomic E-state index is 0.0419. The zero-order valence-electron chi connectivity index (χ0n) is 7.85. The number of hydrogen-bond acceptors (Lipinski definition) is 3. The Bertz CT molecular complexity index is 163. The van der Waals surface area contributed by atoms with Crippen LogP contribution in [0.4, 0.5) is 0 Å². The highest BCUT2D eigenvalue weighted by molar-refractivity contribution is 7.99. The average Bonchev–Trinajstić information content (AvgIpc) is 2.46. The van der Waals surface area contributed by atoms with Gasteiger partial charge in [-0.05, 0) is 12.2 Å². The molecule has 2 aliphatic rings. The molecular weight excluding hydrogens is 170 g/mol. The lowest BCUT2D eigenvalue weighted by molar-refractivity contribution is -0.120. The van der Waals surface area contributed by atoms with Crippen LogP contribution in [-0.4, -0.2) is 30.4 Å². The molecule has 1 atom stereocenters. The van der Waals surface area contributed by atoms with E-state index in [2.05, 4.69) is 19.2 Å². The SMILES string of the molecule is CC1(C)CNC2(CCSC2)OC1. The summed E-state index contributed by atoms with van der Waals surface area (Å²) in [4.78, 5) is 0. The largest absolute Gasteiger partial charge is 0.359 e. The maximum absolute atomic E-state index is 5.91. The molecule has 1 N–H and O–H groups in total. The van der Waals surface area contributed by atoms with E-state index in [4.69, 9.17) is 4.74 Å². The fourth-order valence-electron chi connectivity index (χ4n) is 1.64. The molecule has 0 aromatic rings. The van der Waals surface area contributed by atoms with Gasteiger partial charge in [-0.25, -0.2) is 0 Å². The molecule has 0 radical (unpaired) electrons. The molecule has 1 unspecified atom stereocenters. The maximum atomic E-state index is 5.91. The Hall–Kier alpha value is 0.270. The summed E-state index contributed by atoms with van der Waals surface area (Å²) in [5.74, 6) is 2.37. The third-order valence-corrected chi connectivity index (χ3v) is 3.78. The summed E-state index contributed by atoms with van der Waals surface area (Å²) in [6.45, 7) is 6.48. The first kappa shape index (κ1) is 8.85. The third-order valence-electron chi connectivity index (χ3n) is 2.61. The molecule has 0 amide bonds. The van der Waals surface area contributed by atoms with Gasteiger partial charge in [0.2, 0.25) is 0 Å². The number of hydrogen-bond donors (Lipinski definition) is 1. The Kier molecular flexibility index (Phi) is 2.13.